The Labute approximate surface area is 89.4 Å². The predicted molar refractivity (Wildman–Crippen MR) is 28.4 cm³/mol. The molecule has 0 aromatic heterocycles. The van der Waals surface area contributed by atoms with E-state index in [4.69, 9.17) is 0 Å². The molecular weight excluding hydrogens is 158 g/mol. The minimum Gasteiger partial charge on any atom is -0.0149 e. The van der Waals surface area contributed by atoms with Crippen molar-refractivity contribution in [3.63, 3.8) is 0 Å². The maximum Gasteiger partial charge on any atom is 0.316 e. The maximum atomic E-state index is 0. The van der Waals surface area contributed by atoms with E-state index >= 15 is 0 Å². The van der Waals surface area contributed by atoms with Crippen molar-refractivity contribution in [2.75, 3.05) is 0 Å². The summed E-state index contributed by atoms with van der Waals surface area (Å²) in [5, 5.41) is 0. The van der Waals surface area contributed by atoms with Gasteiger partial charge in [-0.15, -0.1) is 0 Å². The Morgan fingerprint density at radius 1 is 1.00 bits per heavy atom. The molecule has 0 aliphatic rings. The Hall–Kier alpha value is 2.87. The van der Waals surface area contributed by atoms with E-state index in [1.165, 1.54) is 0 Å². The number of hydrogen-bond donors (Lipinski definition) is 0. The van der Waals surface area contributed by atoms with Gasteiger partial charge in [-0.05, 0) is 11.0 Å². The van der Waals surface area contributed by atoms with Crippen molar-refractivity contribution in [1.29, 1.82) is 0 Å². The van der Waals surface area contributed by atoms with Gasteiger partial charge in [-0.3, -0.25) is 0 Å². The Bertz CT molecular complexity index is 8.00. The average Bonchev–Trinajstić information content (AvgIpc) is 0. The van der Waals surface area contributed by atoms with Gasteiger partial charge in [0.2, 0.25) is 0 Å². The molecule has 0 nitrogen and oxygen atoms in total. The van der Waals surface area contributed by atoms with E-state index in [0.717, 1.165) is 0 Å². The monoisotopic (exact) mass is 164 g/mol. The topological polar surface area (TPSA) is 0 Å². The van der Waals surface area contributed by atoms with Crippen LogP contribution in [0.15, 0.2) is 0 Å². The molecule has 0 amide bonds. The van der Waals surface area contributed by atoms with E-state index < -0.39 is 0 Å². The Morgan fingerprint density at radius 2 is 1.00 bits per heavy atom. The van der Waals surface area contributed by atoms with Crippen LogP contribution in [-0.2, 0) is 19.5 Å². The summed E-state index contributed by atoms with van der Waals surface area (Å²) in [5.41, 5.74) is 0. The summed E-state index contributed by atoms with van der Waals surface area (Å²) in [6.45, 7) is 0. The van der Waals surface area contributed by atoms with E-state index in [-0.39, 0.29) is 91.2 Å². The van der Waals surface area contributed by atoms with Crippen molar-refractivity contribution in [2.24, 2.45) is 0 Å². The summed E-state index contributed by atoms with van der Waals surface area (Å²) in [4.78, 5) is 0. The molecule has 0 heterocycles. The fraction of sp³-hybridized carbons (Fsp3) is 0. The van der Waals surface area contributed by atoms with Gasteiger partial charge in [0.05, 0.1) is 0 Å². The van der Waals surface area contributed by atoms with Gasteiger partial charge >= 0.3 is 60.8 Å². The molecule has 4 heteroatoms. The molecule has 0 spiro atoms. The molecule has 0 unspecified atom stereocenters. The van der Waals surface area contributed by atoms with Crippen LogP contribution in [0.25, 0.3) is 0 Å². The van der Waals surface area contributed by atoms with Crippen LogP contribution in [0.4, 0.5) is 0 Å². The van der Waals surface area contributed by atoms with Gasteiger partial charge in [-0.25, -0.2) is 0 Å². The molecule has 0 aromatic rings. The van der Waals surface area contributed by atoms with Crippen LogP contribution in [0, 0.1) is 0 Å². The summed E-state index contributed by atoms with van der Waals surface area (Å²) in [5.74, 6) is 0. The zero-order valence-corrected chi connectivity index (χ0v) is 3.67. The van der Waals surface area contributed by atoms with Gasteiger partial charge in [-0.1, -0.05) is 0 Å². The van der Waals surface area contributed by atoms with Gasteiger partial charge in [0.1, 0.15) is 0 Å². The third kappa shape index (κ3) is 8.85. The molecular formula is H8CaMgSiZn. The van der Waals surface area contributed by atoms with Crippen molar-refractivity contribution in [1.82, 2.24) is 0 Å². The van der Waals surface area contributed by atoms with E-state index in [1.54, 1.807) is 0 Å². The molecule has 0 saturated heterocycles. The normalized spacial score (nSPS) is 0. The third-order valence-electron chi connectivity index (χ3n) is 0. The van der Waals surface area contributed by atoms with Crippen molar-refractivity contribution >= 4 is 71.8 Å². The first kappa shape index (κ1) is 28.8. The fourth-order valence-electron chi connectivity index (χ4n) is 0. The molecule has 0 radical (unpaired) electrons. The molecule has 0 aliphatic carbocycles. The molecule has 4 heavy (non-hydrogen) atoms. The summed E-state index contributed by atoms with van der Waals surface area (Å²) in [7, 11) is 0. The zero-order valence-electron chi connectivity index (χ0n) is 0.707. The molecule has 0 aromatic carbocycles. The Kier molecular flexibility index (Phi) is 122. The van der Waals surface area contributed by atoms with E-state index in [0.29, 0.717) is 0 Å². The standard InChI is InChI=1S/Ca.Mg.H4Si.Zn.4H/h;;1H4;;;;;. The number of hydrogen-bond acceptors (Lipinski definition) is 0. The van der Waals surface area contributed by atoms with Crippen molar-refractivity contribution in [3.8, 4) is 0 Å². The quantitative estimate of drug-likeness (QED) is 0.331. The van der Waals surface area contributed by atoms with E-state index in [1.807, 2.05) is 0 Å². The van der Waals surface area contributed by atoms with Crippen LogP contribution in [0.3, 0.4) is 0 Å². The molecule has 0 rings (SSSR count). The first-order valence-corrected chi connectivity index (χ1v) is 0. The van der Waals surface area contributed by atoms with Gasteiger partial charge in [0, 0.05) is 19.5 Å². The molecule has 0 atom stereocenters. The molecule has 18 valence electrons. The van der Waals surface area contributed by atoms with Gasteiger partial charge in [0.25, 0.3) is 0 Å². The first-order chi connectivity index (χ1) is 0. The Morgan fingerprint density at radius 3 is 1.00 bits per heavy atom. The summed E-state index contributed by atoms with van der Waals surface area (Å²) in [6, 6.07) is 0. The van der Waals surface area contributed by atoms with Crippen molar-refractivity contribution in [2.45, 2.75) is 0 Å². The number of rotatable bonds is 0. The summed E-state index contributed by atoms with van der Waals surface area (Å²) >= 11 is 0. The smallest absolute Gasteiger partial charge is 0.0149 e. The maximum absolute atomic E-state index is 0. The molecule has 0 aliphatic heterocycles. The average molecular weight is 166 g/mol. The van der Waals surface area contributed by atoms with Crippen LogP contribution >= 0.6 is 0 Å². The van der Waals surface area contributed by atoms with E-state index in [2.05, 4.69) is 0 Å². The van der Waals surface area contributed by atoms with Crippen LogP contribution in [0.2, 0.25) is 0 Å². The van der Waals surface area contributed by atoms with E-state index in [9.17, 15) is 0 Å². The zero-order chi connectivity index (χ0) is 0. The van der Waals surface area contributed by atoms with Crippen LogP contribution in [0.1, 0.15) is 0 Å². The van der Waals surface area contributed by atoms with Crippen molar-refractivity contribution in [3.05, 3.63) is 0 Å². The Balaban J connectivity index is 0. The minimum absolute atomic E-state index is 0. The fourth-order valence-corrected chi connectivity index (χ4v) is 0. The van der Waals surface area contributed by atoms with Crippen molar-refractivity contribution < 1.29 is 19.5 Å². The van der Waals surface area contributed by atoms with Gasteiger partial charge in [0.15, 0.2) is 0 Å². The summed E-state index contributed by atoms with van der Waals surface area (Å²) in [6.07, 6.45) is 0. The largest absolute Gasteiger partial charge is 0.316 e. The minimum atomic E-state index is 0. The molecule has 0 saturated carbocycles. The van der Waals surface area contributed by atoms with Gasteiger partial charge in [-0.2, -0.15) is 0 Å². The molecule has 0 fully saturated rings. The first-order valence-electron chi connectivity index (χ1n) is 0. The second-order valence-electron chi connectivity index (χ2n) is 0. The molecule has 0 bridgehead atoms. The van der Waals surface area contributed by atoms with Crippen LogP contribution in [-0.4, -0.2) is 71.8 Å². The predicted octanol–water partition coefficient (Wildman–Crippen LogP) is -3.29. The van der Waals surface area contributed by atoms with Gasteiger partial charge < -0.3 is 0 Å². The van der Waals surface area contributed by atoms with Crippen LogP contribution in [0.5, 0.6) is 0 Å². The second kappa shape index (κ2) is 16.9. The summed E-state index contributed by atoms with van der Waals surface area (Å²) < 4.78 is 0. The SMILES string of the molecule is [CaH2].[MgH2].[SiH4].[Zn]. The van der Waals surface area contributed by atoms with Crippen LogP contribution < -0.4 is 0 Å². The third-order valence-corrected chi connectivity index (χ3v) is 0. The molecule has 0 N–H and O–H groups in total. The second-order valence-corrected chi connectivity index (χ2v) is 0.